The van der Waals surface area contributed by atoms with E-state index in [9.17, 15) is 9.59 Å². The summed E-state index contributed by atoms with van der Waals surface area (Å²) in [5.41, 5.74) is -1.39. The molecule has 0 aliphatic rings. The Labute approximate surface area is 103 Å². The number of nitrogens with zero attached hydrogens (tertiary/aromatic N) is 1. The fraction of sp³-hybridized carbons (Fsp3) is 0.833. The number of methoxy groups -OCH3 is 1. The molecule has 5 nitrogen and oxygen atoms in total. The maximum absolute atomic E-state index is 12.1. The molecule has 0 aromatic rings. The van der Waals surface area contributed by atoms with Gasteiger partial charge in [0.25, 0.3) is 0 Å². The first-order valence-electron chi connectivity index (χ1n) is 5.75. The average molecular weight is 245 g/mol. The summed E-state index contributed by atoms with van der Waals surface area (Å²) in [4.78, 5) is 24.7. The number of carbonyl (C=O) groups is 2. The molecule has 0 saturated carbocycles. The standard InChI is InChI=1S/C12H23NO4/c1-9(2)8-13(6-7-17-5)10(14)12(3,4)11(15)16/h9H,6-8H2,1-5H3,(H,15,16). The number of rotatable bonds is 7. The second-order valence-corrected chi connectivity index (χ2v) is 5.07. The summed E-state index contributed by atoms with van der Waals surface area (Å²) in [6, 6.07) is 0. The molecule has 0 aromatic heterocycles. The van der Waals surface area contributed by atoms with Crippen molar-refractivity contribution in [1.29, 1.82) is 0 Å². The molecule has 0 aliphatic heterocycles. The molecule has 0 atom stereocenters. The fourth-order valence-corrected chi connectivity index (χ4v) is 1.40. The van der Waals surface area contributed by atoms with Crippen molar-refractivity contribution in [1.82, 2.24) is 4.90 Å². The SMILES string of the molecule is COCCN(CC(C)C)C(=O)C(C)(C)C(=O)O. The van der Waals surface area contributed by atoms with Gasteiger partial charge in [0, 0.05) is 20.2 Å². The van der Waals surface area contributed by atoms with Gasteiger partial charge in [-0.25, -0.2) is 0 Å². The second-order valence-electron chi connectivity index (χ2n) is 5.07. The van der Waals surface area contributed by atoms with Crippen LogP contribution in [-0.4, -0.2) is 48.7 Å². The van der Waals surface area contributed by atoms with E-state index in [2.05, 4.69) is 0 Å². The number of hydrogen-bond acceptors (Lipinski definition) is 3. The van der Waals surface area contributed by atoms with E-state index in [-0.39, 0.29) is 5.91 Å². The lowest BCUT2D eigenvalue weighted by atomic mass is 9.91. The van der Waals surface area contributed by atoms with E-state index in [1.54, 1.807) is 12.0 Å². The van der Waals surface area contributed by atoms with Crippen LogP contribution in [0.25, 0.3) is 0 Å². The first-order valence-corrected chi connectivity index (χ1v) is 5.75. The van der Waals surface area contributed by atoms with Gasteiger partial charge in [0.1, 0.15) is 5.41 Å². The van der Waals surface area contributed by atoms with E-state index in [0.717, 1.165) is 0 Å². The van der Waals surface area contributed by atoms with Gasteiger partial charge in [0.2, 0.25) is 5.91 Å². The minimum absolute atomic E-state index is 0.292. The molecular formula is C12H23NO4. The molecular weight excluding hydrogens is 222 g/mol. The van der Waals surface area contributed by atoms with E-state index >= 15 is 0 Å². The number of carboxylic acids is 1. The van der Waals surface area contributed by atoms with Crippen molar-refractivity contribution in [3.8, 4) is 0 Å². The molecule has 17 heavy (non-hydrogen) atoms. The highest BCUT2D eigenvalue weighted by molar-refractivity contribution is 6.00. The zero-order valence-electron chi connectivity index (χ0n) is 11.3. The topological polar surface area (TPSA) is 66.8 Å². The molecule has 1 amide bonds. The Balaban J connectivity index is 4.78. The third-order valence-electron chi connectivity index (χ3n) is 2.51. The van der Waals surface area contributed by atoms with E-state index < -0.39 is 11.4 Å². The van der Waals surface area contributed by atoms with E-state index in [1.165, 1.54) is 13.8 Å². The van der Waals surface area contributed by atoms with Crippen molar-refractivity contribution in [3.63, 3.8) is 0 Å². The highest BCUT2D eigenvalue weighted by Gasteiger charge is 2.39. The van der Waals surface area contributed by atoms with Crippen molar-refractivity contribution in [2.24, 2.45) is 11.3 Å². The molecule has 0 radical (unpaired) electrons. The Morgan fingerprint density at radius 1 is 1.35 bits per heavy atom. The number of carboxylic acid groups (broad SMARTS) is 1. The van der Waals surface area contributed by atoms with Crippen LogP contribution in [0.5, 0.6) is 0 Å². The monoisotopic (exact) mass is 245 g/mol. The minimum Gasteiger partial charge on any atom is -0.480 e. The van der Waals surface area contributed by atoms with Gasteiger partial charge in [-0.1, -0.05) is 13.8 Å². The molecule has 0 aromatic carbocycles. The van der Waals surface area contributed by atoms with Gasteiger partial charge in [-0.05, 0) is 19.8 Å². The van der Waals surface area contributed by atoms with Gasteiger partial charge in [-0.3, -0.25) is 9.59 Å². The lowest BCUT2D eigenvalue weighted by molar-refractivity contribution is -0.158. The van der Waals surface area contributed by atoms with Crippen molar-refractivity contribution in [2.45, 2.75) is 27.7 Å². The number of carbonyl (C=O) groups excluding carboxylic acids is 1. The zero-order valence-corrected chi connectivity index (χ0v) is 11.3. The van der Waals surface area contributed by atoms with Crippen LogP contribution >= 0.6 is 0 Å². The average Bonchev–Trinajstić information content (AvgIpc) is 2.22. The van der Waals surface area contributed by atoms with Crippen LogP contribution in [0.4, 0.5) is 0 Å². The van der Waals surface area contributed by atoms with Crippen molar-refractivity contribution in [2.75, 3.05) is 26.8 Å². The quantitative estimate of drug-likeness (QED) is 0.685. The van der Waals surface area contributed by atoms with Crippen molar-refractivity contribution < 1.29 is 19.4 Å². The molecule has 0 spiro atoms. The maximum Gasteiger partial charge on any atom is 0.318 e. The van der Waals surface area contributed by atoms with Gasteiger partial charge < -0.3 is 14.7 Å². The summed E-state index contributed by atoms with van der Waals surface area (Å²) in [5, 5.41) is 9.04. The van der Waals surface area contributed by atoms with Crippen molar-refractivity contribution in [3.05, 3.63) is 0 Å². The highest BCUT2D eigenvalue weighted by atomic mass is 16.5. The summed E-state index contributed by atoms with van der Waals surface area (Å²) in [6.45, 7) is 8.20. The van der Waals surface area contributed by atoms with Gasteiger partial charge in [0.05, 0.1) is 6.61 Å². The first kappa shape index (κ1) is 15.9. The molecule has 0 bridgehead atoms. The molecule has 0 saturated heterocycles. The predicted molar refractivity (Wildman–Crippen MR) is 64.7 cm³/mol. The highest BCUT2D eigenvalue weighted by Crippen LogP contribution is 2.20. The Morgan fingerprint density at radius 2 is 1.88 bits per heavy atom. The van der Waals surface area contributed by atoms with Crippen LogP contribution in [0.2, 0.25) is 0 Å². The Kier molecular flexibility index (Phi) is 6.16. The van der Waals surface area contributed by atoms with Gasteiger partial charge >= 0.3 is 5.97 Å². The molecule has 5 heteroatoms. The summed E-state index contributed by atoms with van der Waals surface area (Å²) in [7, 11) is 1.56. The Bertz CT molecular complexity index is 274. The number of aliphatic carboxylic acids is 1. The molecule has 0 rings (SSSR count). The molecule has 0 aliphatic carbocycles. The molecule has 0 heterocycles. The third-order valence-corrected chi connectivity index (χ3v) is 2.51. The van der Waals surface area contributed by atoms with E-state index in [1.807, 2.05) is 13.8 Å². The molecule has 0 fully saturated rings. The van der Waals surface area contributed by atoms with Gasteiger partial charge in [-0.2, -0.15) is 0 Å². The number of ether oxygens (including phenoxy) is 1. The van der Waals surface area contributed by atoms with Crippen molar-refractivity contribution >= 4 is 11.9 Å². The van der Waals surface area contributed by atoms with E-state index in [0.29, 0.717) is 25.6 Å². The molecule has 1 N–H and O–H groups in total. The van der Waals surface area contributed by atoms with Crippen LogP contribution in [0.15, 0.2) is 0 Å². The molecule has 100 valence electrons. The minimum atomic E-state index is -1.39. The lowest BCUT2D eigenvalue weighted by Gasteiger charge is -2.30. The van der Waals surface area contributed by atoms with Crippen LogP contribution in [-0.2, 0) is 14.3 Å². The third kappa shape index (κ3) is 4.73. The first-order chi connectivity index (χ1) is 7.73. The van der Waals surface area contributed by atoms with Crippen LogP contribution in [0.1, 0.15) is 27.7 Å². The zero-order chi connectivity index (χ0) is 13.6. The number of hydrogen-bond donors (Lipinski definition) is 1. The Hall–Kier alpha value is -1.10. The van der Waals surface area contributed by atoms with Gasteiger partial charge in [-0.15, -0.1) is 0 Å². The van der Waals surface area contributed by atoms with Crippen LogP contribution < -0.4 is 0 Å². The van der Waals surface area contributed by atoms with Crippen LogP contribution in [0, 0.1) is 11.3 Å². The smallest absolute Gasteiger partial charge is 0.318 e. The summed E-state index contributed by atoms with van der Waals surface area (Å²) in [5.74, 6) is -1.18. The predicted octanol–water partition coefficient (Wildman–Crippen LogP) is 1.23. The summed E-state index contributed by atoms with van der Waals surface area (Å²) < 4.78 is 4.94. The summed E-state index contributed by atoms with van der Waals surface area (Å²) >= 11 is 0. The van der Waals surface area contributed by atoms with E-state index in [4.69, 9.17) is 9.84 Å². The summed E-state index contributed by atoms with van der Waals surface area (Å²) in [6.07, 6.45) is 0. The lowest BCUT2D eigenvalue weighted by Crippen LogP contribution is -2.47. The largest absolute Gasteiger partial charge is 0.480 e. The normalized spacial score (nSPS) is 11.6. The fourth-order valence-electron chi connectivity index (χ4n) is 1.40. The molecule has 0 unspecified atom stereocenters. The van der Waals surface area contributed by atoms with Gasteiger partial charge in [0.15, 0.2) is 0 Å². The Morgan fingerprint density at radius 3 is 2.24 bits per heavy atom. The maximum atomic E-state index is 12.1. The van der Waals surface area contributed by atoms with Crippen LogP contribution in [0.3, 0.4) is 0 Å². The second kappa shape index (κ2) is 6.59. The number of amides is 1.